The monoisotopic (exact) mass is 316 g/mol. The van der Waals surface area contributed by atoms with Crippen LogP contribution in [0, 0.1) is 0 Å². The van der Waals surface area contributed by atoms with Crippen LogP contribution in [-0.4, -0.2) is 45.9 Å². The van der Waals surface area contributed by atoms with E-state index in [0.717, 1.165) is 26.9 Å². The van der Waals surface area contributed by atoms with Crippen molar-refractivity contribution in [1.29, 1.82) is 0 Å². The summed E-state index contributed by atoms with van der Waals surface area (Å²) in [5, 5.41) is 0. The Morgan fingerprint density at radius 1 is 1.11 bits per heavy atom. The van der Waals surface area contributed by atoms with Gasteiger partial charge in [0.05, 0.1) is 45.9 Å². The van der Waals surface area contributed by atoms with Crippen molar-refractivity contribution in [3.8, 4) is 11.5 Å². The Labute approximate surface area is 118 Å². The number of nitrogens with zero attached hydrogens (tertiary/aromatic N) is 1. The maximum absolute atomic E-state index is 5.45. The van der Waals surface area contributed by atoms with E-state index in [1.807, 2.05) is 6.07 Å². The minimum Gasteiger partial charge on any atom is -0.496 e. The maximum atomic E-state index is 5.45. The van der Waals surface area contributed by atoms with Crippen LogP contribution in [0.15, 0.2) is 16.6 Å². The molecule has 0 aliphatic carbocycles. The molecule has 0 amide bonds. The molecule has 0 aromatic heterocycles. The molecule has 0 spiro atoms. The summed E-state index contributed by atoms with van der Waals surface area (Å²) in [4.78, 5) is 0. The number of quaternary nitrogens is 1. The molecule has 0 heterocycles. The van der Waals surface area contributed by atoms with Crippen LogP contribution in [-0.2, 0) is 6.42 Å². The van der Waals surface area contributed by atoms with E-state index in [1.165, 1.54) is 5.56 Å². The quantitative estimate of drug-likeness (QED) is 0.777. The minimum atomic E-state index is 0.504. The Hall–Kier alpha value is -0.740. The van der Waals surface area contributed by atoms with Gasteiger partial charge in [0.2, 0.25) is 0 Å². The molecule has 0 aliphatic rings. The Kier molecular flexibility index (Phi) is 5.05. The van der Waals surface area contributed by atoms with Gasteiger partial charge < -0.3 is 14.0 Å². The van der Waals surface area contributed by atoms with Gasteiger partial charge in [0.25, 0.3) is 0 Å². The molecule has 0 saturated carbocycles. The van der Waals surface area contributed by atoms with Gasteiger partial charge >= 0.3 is 0 Å². The van der Waals surface area contributed by atoms with Gasteiger partial charge in [-0.3, -0.25) is 0 Å². The largest absolute Gasteiger partial charge is 0.496 e. The van der Waals surface area contributed by atoms with E-state index in [2.05, 4.69) is 50.1 Å². The number of benzene rings is 1. The van der Waals surface area contributed by atoms with Crippen molar-refractivity contribution in [2.24, 2.45) is 0 Å². The van der Waals surface area contributed by atoms with Gasteiger partial charge in [-0.2, -0.15) is 0 Å². The summed E-state index contributed by atoms with van der Waals surface area (Å²) in [6.45, 7) is 2.24. The van der Waals surface area contributed by atoms with Gasteiger partial charge in [0, 0.05) is 12.0 Å². The molecule has 0 fully saturated rings. The minimum absolute atomic E-state index is 0.504. The van der Waals surface area contributed by atoms with E-state index >= 15 is 0 Å². The van der Waals surface area contributed by atoms with E-state index in [4.69, 9.17) is 9.47 Å². The van der Waals surface area contributed by atoms with Crippen molar-refractivity contribution in [1.82, 2.24) is 0 Å². The van der Waals surface area contributed by atoms with Crippen LogP contribution in [0.1, 0.15) is 12.5 Å². The maximum Gasteiger partial charge on any atom is 0.133 e. The lowest BCUT2D eigenvalue weighted by Crippen LogP contribution is -2.44. The molecule has 0 bridgehead atoms. The summed E-state index contributed by atoms with van der Waals surface area (Å²) in [5.41, 5.74) is 1.18. The zero-order chi connectivity index (χ0) is 13.9. The summed E-state index contributed by atoms with van der Waals surface area (Å²) in [6.07, 6.45) is 0.955. The lowest BCUT2D eigenvalue weighted by Gasteiger charge is -2.32. The zero-order valence-electron chi connectivity index (χ0n) is 12.1. The molecule has 1 atom stereocenters. The Bertz CT molecular complexity index is 413. The van der Waals surface area contributed by atoms with Crippen molar-refractivity contribution in [3.63, 3.8) is 0 Å². The number of hydrogen-bond acceptors (Lipinski definition) is 2. The fourth-order valence-electron chi connectivity index (χ4n) is 1.68. The van der Waals surface area contributed by atoms with E-state index in [-0.39, 0.29) is 0 Å². The number of halogens is 1. The Morgan fingerprint density at radius 2 is 1.67 bits per heavy atom. The first kappa shape index (κ1) is 15.3. The molecule has 1 rings (SSSR count). The fourth-order valence-corrected chi connectivity index (χ4v) is 2.16. The van der Waals surface area contributed by atoms with Crippen LogP contribution in [0.4, 0.5) is 0 Å². The third kappa shape index (κ3) is 3.62. The van der Waals surface area contributed by atoms with Crippen LogP contribution in [0.3, 0.4) is 0 Å². The average molecular weight is 317 g/mol. The standard InChI is InChI=1S/C14H23BrNO2/c1-10(16(2,3)4)7-11-8-14(18-6)12(15)9-13(11)17-5/h8-10H,7H2,1-6H3/q+1. The molecule has 3 nitrogen and oxygen atoms in total. The molecule has 0 radical (unpaired) electrons. The van der Waals surface area contributed by atoms with Crippen LogP contribution in [0.25, 0.3) is 0 Å². The van der Waals surface area contributed by atoms with Crippen molar-refractivity contribution < 1.29 is 14.0 Å². The van der Waals surface area contributed by atoms with Gasteiger partial charge in [0.15, 0.2) is 0 Å². The van der Waals surface area contributed by atoms with Gasteiger partial charge in [0.1, 0.15) is 11.5 Å². The highest BCUT2D eigenvalue weighted by atomic mass is 79.9. The highest BCUT2D eigenvalue weighted by Gasteiger charge is 2.21. The summed E-state index contributed by atoms with van der Waals surface area (Å²) in [5.74, 6) is 1.75. The predicted molar refractivity (Wildman–Crippen MR) is 78.4 cm³/mol. The number of hydrogen-bond donors (Lipinski definition) is 0. The summed E-state index contributed by atoms with van der Waals surface area (Å²) in [7, 11) is 9.99. The first-order valence-corrected chi connectivity index (χ1v) is 6.80. The molecule has 0 saturated heterocycles. The zero-order valence-corrected chi connectivity index (χ0v) is 13.7. The molecular formula is C14H23BrNO2+. The van der Waals surface area contributed by atoms with Crippen molar-refractivity contribution in [3.05, 3.63) is 22.2 Å². The van der Waals surface area contributed by atoms with E-state index in [9.17, 15) is 0 Å². The SMILES string of the molecule is COc1cc(CC(C)[N+](C)(C)C)c(OC)cc1Br. The molecule has 1 unspecified atom stereocenters. The third-order valence-electron chi connectivity index (χ3n) is 3.39. The molecular weight excluding hydrogens is 294 g/mol. The second-order valence-electron chi connectivity index (χ2n) is 5.47. The molecule has 1 aromatic rings. The normalized spacial score (nSPS) is 13.3. The van der Waals surface area contributed by atoms with Gasteiger partial charge in [-0.15, -0.1) is 0 Å². The number of rotatable bonds is 5. The number of likely N-dealkylation sites (N-methyl/N-ethyl adjacent to an activating group) is 1. The molecule has 102 valence electrons. The topological polar surface area (TPSA) is 18.5 Å². The fraction of sp³-hybridized carbons (Fsp3) is 0.571. The van der Waals surface area contributed by atoms with Crippen LogP contribution in [0.2, 0.25) is 0 Å². The van der Waals surface area contributed by atoms with E-state index in [0.29, 0.717) is 6.04 Å². The lowest BCUT2D eigenvalue weighted by molar-refractivity contribution is -0.893. The molecule has 18 heavy (non-hydrogen) atoms. The van der Waals surface area contributed by atoms with Crippen molar-refractivity contribution in [2.45, 2.75) is 19.4 Å². The second-order valence-corrected chi connectivity index (χ2v) is 6.32. The molecule has 1 aromatic carbocycles. The van der Waals surface area contributed by atoms with Crippen LogP contribution < -0.4 is 9.47 Å². The lowest BCUT2D eigenvalue weighted by atomic mass is 10.0. The smallest absolute Gasteiger partial charge is 0.133 e. The Morgan fingerprint density at radius 3 is 2.11 bits per heavy atom. The van der Waals surface area contributed by atoms with Gasteiger partial charge in [-0.1, -0.05) is 0 Å². The summed E-state index contributed by atoms with van der Waals surface area (Å²) >= 11 is 3.48. The highest BCUT2D eigenvalue weighted by molar-refractivity contribution is 9.10. The van der Waals surface area contributed by atoms with Crippen LogP contribution in [0.5, 0.6) is 11.5 Å². The first-order chi connectivity index (χ1) is 8.29. The molecule has 0 N–H and O–H groups in total. The average Bonchev–Trinajstić information content (AvgIpc) is 2.29. The molecule has 4 heteroatoms. The van der Waals surface area contributed by atoms with Crippen molar-refractivity contribution >= 4 is 15.9 Å². The second kappa shape index (κ2) is 5.93. The summed E-state index contributed by atoms with van der Waals surface area (Å²) < 4.78 is 12.6. The van der Waals surface area contributed by atoms with E-state index < -0.39 is 0 Å². The van der Waals surface area contributed by atoms with Gasteiger partial charge in [-0.05, 0) is 35.0 Å². The van der Waals surface area contributed by atoms with Gasteiger partial charge in [-0.25, -0.2) is 0 Å². The summed E-state index contributed by atoms with van der Waals surface area (Å²) in [6, 6.07) is 4.52. The first-order valence-electron chi connectivity index (χ1n) is 6.01. The predicted octanol–water partition coefficient (Wildman–Crippen LogP) is 3.10. The molecule has 0 aliphatic heterocycles. The Balaban J connectivity index is 3.07. The van der Waals surface area contributed by atoms with Crippen molar-refractivity contribution in [2.75, 3.05) is 35.4 Å². The van der Waals surface area contributed by atoms with E-state index in [1.54, 1.807) is 14.2 Å². The third-order valence-corrected chi connectivity index (χ3v) is 4.01. The highest BCUT2D eigenvalue weighted by Crippen LogP contribution is 2.33. The number of ether oxygens (including phenoxy) is 2. The van der Waals surface area contributed by atoms with Crippen LogP contribution >= 0.6 is 15.9 Å². The number of methoxy groups -OCH3 is 2.